The van der Waals surface area contributed by atoms with E-state index in [1.54, 1.807) is 0 Å². The van der Waals surface area contributed by atoms with Gasteiger partial charge in [-0.25, -0.2) is 17.5 Å². The zero-order valence-corrected chi connectivity index (χ0v) is 12.6. The molecular weight excluding hydrogens is 279 g/mol. The van der Waals surface area contributed by atoms with E-state index in [0.717, 1.165) is 18.9 Å². The summed E-state index contributed by atoms with van der Waals surface area (Å²) in [6.07, 6.45) is 1.78. The van der Waals surface area contributed by atoms with E-state index in [1.807, 2.05) is 6.92 Å². The Morgan fingerprint density at radius 1 is 1.35 bits per heavy atom. The minimum absolute atomic E-state index is 0.129. The largest absolute Gasteiger partial charge is 0.326 e. The van der Waals surface area contributed by atoms with Crippen LogP contribution in [0.15, 0.2) is 23.1 Å². The van der Waals surface area contributed by atoms with Gasteiger partial charge in [0.15, 0.2) is 0 Å². The highest BCUT2D eigenvalue weighted by Crippen LogP contribution is 2.32. The molecule has 0 amide bonds. The molecule has 0 saturated heterocycles. The average molecular weight is 300 g/mol. The summed E-state index contributed by atoms with van der Waals surface area (Å²) < 4.78 is 41.1. The zero-order chi connectivity index (χ0) is 14.9. The molecule has 3 atom stereocenters. The van der Waals surface area contributed by atoms with Crippen LogP contribution in [0.2, 0.25) is 0 Å². The van der Waals surface area contributed by atoms with Gasteiger partial charge in [-0.2, -0.15) is 0 Å². The van der Waals surface area contributed by atoms with Crippen molar-refractivity contribution in [3.8, 4) is 0 Å². The minimum atomic E-state index is -3.84. The summed E-state index contributed by atoms with van der Waals surface area (Å²) in [4.78, 5) is -0.313. The molecular formula is C14H21FN2O2S. The second-order valence-corrected chi connectivity index (χ2v) is 7.29. The van der Waals surface area contributed by atoms with Gasteiger partial charge in [0.25, 0.3) is 0 Å². The molecule has 6 heteroatoms. The fraction of sp³-hybridized carbons (Fsp3) is 0.571. The monoisotopic (exact) mass is 300 g/mol. The van der Waals surface area contributed by atoms with Gasteiger partial charge in [-0.3, -0.25) is 0 Å². The van der Waals surface area contributed by atoms with Crippen LogP contribution in [0, 0.1) is 17.7 Å². The molecule has 4 nitrogen and oxygen atoms in total. The molecule has 3 unspecified atom stereocenters. The molecule has 0 radical (unpaired) electrons. The molecule has 1 aromatic rings. The summed E-state index contributed by atoms with van der Waals surface area (Å²) in [5, 5.41) is 0. The van der Waals surface area contributed by atoms with Gasteiger partial charge in [-0.05, 0) is 42.4 Å². The first-order chi connectivity index (χ1) is 9.35. The summed E-state index contributed by atoms with van der Waals surface area (Å²) in [5.74, 6) is -0.0122. The highest BCUT2D eigenvalue weighted by Gasteiger charge is 2.33. The van der Waals surface area contributed by atoms with Gasteiger partial charge >= 0.3 is 0 Å². The maximum atomic E-state index is 13.8. The molecule has 3 N–H and O–H groups in total. The number of hydrogen-bond acceptors (Lipinski definition) is 3. The maximum Gasteiger partial charge on any atom is 0.243 e. The standard InChI is InChI=1S/C14H21FN2O2S/c1-9-3-6-13(10(9)2)17-20(18,19)14-7-11(8-16)4-5-12(14)15/h4-5,7,9-10,13,17H,3,6,8,16H2,1-2H3. The Morgan fingerprint density at radius 3 is 2.60 bits per heavy atom. The first-order valence-electron chi connectivity index (χ1n) is 6.86. The molecule has 1 saturated carbocycles. The molecule has 1 aromatic carbocycles. The molecule has 1 aliphatic carbocycles. The molecule has 0 bridgehead atoms. The van der Waals surface area contributed by atoms with E-state index in [-0.39, 0.29) is 23.4 Å². The fourth-order valence-corrected chi connectivity index (χ4v) is 4.16. The topological polar surface area (TPSA) is 72.2 Å². The van der Waals surface area contributed by atoms with Crippen molar-refractivity contribution < 1.29 is 12.8 Å². The van der Waals surface area contributed by atoms with E-state index in [4.69, 9.17) is 5.73 Å². The van der Waals surface area contributed by atoms with Gasteiger partial charge in [0.2, 0.25) is 10.0 Å². The molecule has 2 rings (SSSR count). The Morgan fingerprint density at radius 2 is 2.05 bits per heavy atom. The van der Waals surface area contributed by atoms with Crippen molar-refractivity contribution in [2.75, 3.05) is 0 Å². The van der Waals surface area contributed by atoms with Crippen molar-refractivity contribution in [2.24, 2.45) is 17.6 Å². The Hall–Kier alpha value is -0.980. The second-order valence-electron chi connectivity index (χ2n) is 5.61. The van der Waals surface area contributed by atoms with Gasteiger partial charge in [0.1, 0.15) is 10.7 Å². The lowest BCUT2D eigenvalue weighted by molar-refractivity contribution is 0.401. The van der Waals surface area contributed by atoms with Crippen LogP contribution in [0.5, 0.6) is 0 Å². The van der Waals surface area contributed by atoms with Gasteiger partial charge in [0.05, 0.1) is 0 Å². The summed E-state index contributed by atoms with van der Waals surface area (Å²) in [6.45, 7) is 4.31. The Labute approximate surface area is 119 Å². The summed E-state index contributed by atoms with van der Waals surface area (Å²) in [6, 6.07) is 3.82. The molecule has 0 heterocycles. The maximum absolute atomic E-state index is 13.8. The lowest BCUT2D eigenvalue weighted by Gasteiger charge is -2.20. The predicted molar refractivity (Wildman–Crippen MR) is 76.0 cm³/mol. The van der Waals surface area contributed by atoms with E-state index < -0.39 is 15.8 Å². The van der Waals surface area contributed by atoms with Gasteiger partial charge in [0, 0.05) is 12.6 Å². The number of hydrogen-bond donors (Lipinski definition) is 2. The van der Waals surface area contributed by atoms with E-state index in [1.165, 1.54) is 12.1 Å². The quantitative estimate of drug-likeness (QED) is 0.893. The van der Waals surface area contributed by atoms with Gasteiger partial charge < -0.3 is 5.73 Å². The van der Waals surface area contributed by atoms with Crippen molar-refractivity contribution in [1.29, 1.82) is 0 Å². The third-order valence-corrected chi connectivity index (χ3v) is 5.80. The Balaban J connectivity index is 2.27. The molecule has 1 aliphatic rings. The first-order valence-corrected chi connectivity index (χ1v) is 8.34. The molecule has 112 valence electrons. The number of halogens is 1. The van der Waals surface area contributed by atoms with E-state index in [0.29, 0.717) is 11.5 Å². The van der Waals surface area contributed by atoms with Crippen LogP contribution in [0.3, 0.4) is 0 Å². The van der Waals surface area contributed by atoms with E-state index in [9.17, 15) is 12.8 Å². The number of benzene rings is 1. The smallest absolute Gasteiger partial charge is 0.243 e. The van der Waals surface area contributed by atoms with Crippen molar-refractivity contribution >= 4 is 10.0 Å². The van der Waals surface area contributed by atoms with E-state index in [2.05, 4.69) is 11.6 Å². The average Bonchev–Trinajstić information content (AvgIpc) is 2.70. The van der Waals surface area contributed by atoms with Crippen molar-refractivity contribution in [3.05, 3.63) is 29.6 Å². The molecule has 1 fully saturated rings. The minimum Gasteiger partial charge on any atom is -0.326 e. The van der Waals surface area contributed by atoms with Crippen molar-refractivity contribution in [3.63, 3.8) is 0 Å². The first kappa shape index (κ1) is 15.4. The van der Waals surface area contributed by atoms with Crippen LogP contribution in [-0.2, 0) is 16.6 Å². The third-order valence-electron chi connectivity index (χ3n) is 4.29. The third kappa shape index (κ3) is 3.02. The van der Waals surface area contributed by atoms with Crippen molar-refractivity contribution in [1.82, 2.24) is 4.72 Å². The second kappa shape index (κ2) is 5.79. The lowest BCUT2D eigenvalue weighted by Crippen LogP contribution is -2.37. The van der Waals surface area contributed by atoms with Crippen molar-refractivity contribution in [2.45, 2.75) is 44.2 Å². The molecule has 0 spiro atoms. The number of rotatable bonds is 4. The number of nitrogens with one attached hydrogen (secondary N) is 1. The predicted octanol–water partition coefficient (Wildman–Crippen LogP) is 2.00. The van der Waals surface area contributed by atoms with E-state index >= 15 is 0 Å². The van der Waals surface area contributed by atoms with Crippen LogP contribution in [-0.4, -0.2) is 14.5 Å². The Bertz CT molecular complexity index is 589. The van der Waals surface area contributed by atoms with Crippen LogP contribution in [0.4, 0.5) is 4.39 Å². The van der Waals surface area contributed by atoms with Crippen LogP contribution in [0.25, 0.3) is 0 Å². The summed E-state index contributed by atoms with van der Waals surface area (Å²) in [5.41, 5.74) is 6.08. The zero-order valence-electron chi connectivity index (χ0n) is 11.8. The molecule has 20 heavy (non-hydrogen) atoms. The summed E-state index contributed by atoms with van der Waals surface area (Å²) >= 11 is 0. The van der Waals surface area contributed by atoms with Crippen LogP contribution >= 0.6 is 0 Å². The highest BCUT2D eigenvalue weighted by atomic mass is 32.2. The number of sulfonamides is 1. The number of nitrogens with two attached hydrogens (primary N) is 1. The SMILES string of the molecule is CC1CCC(NS(=O)(=O)c2cc(CN)ccc2F)C1C. The molecule has 0 aliphatic heterocycles. The molecule has 0 aromatic heterocycles. The lowest BCUT2D eigenvalue weighted by atomic mass is 9.98. The van der Waals surface area contributed by atoms with Crippen LogP contribution in [0.1, 0.15) is 32.3 Å². The normalized spacial score (nSPS) is 26.9. The van der Waals surface area contributed by atoms with Gasteiger partial charge in [-0.1, -0.05) is 19.9 Å². The highest BCUT2D eigenvalue weighted by molar-refractivity contribution is 7.89. The fourth-order valence-electron chi connectivity index (χ4n) is 2.67. The van der Waals surface area contributed by atoms with Crippen LogP contribution < -0.4 is 10.5 Å². The van der Waals surface area contributed by atoms with Gasteiger partial charge in [-0.15, -0.1) is 0 Å². The Kier molecular flexibility index (Phi) is 4.46. The summed E-state index contributed by atoms with van der Waals surface area (Å²) in [7, 11) is -3.84.